The molecule has 3 amide bonds. The third-order valence-corrected chi connectivity index (χ3v) is 6.73. The molecule has 1 N–H and O–H groups in total. The first kappa shape index (κ1) is 25.2. The number of anilines is 2. The van der Waals surface area contributed by atoms with Crippen LogP contribution in [0.15, 0.2) is 42.5 Å². The predicted octanol–water partition coefficient (Wildman–Crippen LogP) is 3.99. The van der Waals surface area contributed by atoms with Crippen molar-refractivity contribution in [3.05, 3.63) is 51.7 Å². The summed E-state index contributed by atoms with van der Waals surface area (Å²) in [6.07, 6.45) is 1.83. The number of carbonyl (C=O) groups is 3. The van der Waals surface area contributed by atoms with Gasteiger partial charge in [-0.2, -0.15) is 0 Å². The molecule has 0 unspecified atom stereocenters. The Morgan fingerprint density at radius 3 is 2.74 bits per heavy atom. The first-order valence-corrected chi connectivity index (χ1v) is 12.4. The van der Waals surface area contributed by atoms with Crippen molar-refractivity contribution in [1.29, 1.82) is 0 Å². The van der Waals surface area contributed by atoms with Gasteiger partial charge in [0.05, 0.1) is 23.6 Å². The molecule has 1 aromatic heterocycles. The number of hydrogen-bond donors (Lipinski definition) is 1. The molecule has 2 atom stereocenters. The normalized spacial score (nSPS) is 20.5. The second-order valence-corrected chi connectivity index (χ2v) is 9.66. The highest BCUT2D eigenvalue weighted by Gasteiger charge is 2.37. The van der Waals surface area contributed by atoms with Crippen molar-refractivity contribution in [3.63, 3.8) is 0 Å². The Morgan fingerprint density at radius 2 is 2.06 bits per heavy atom. The Balaban J connectivity index is 1.37. The molecule has 2 aromatic rings. The molecular formula is C24H26ClN3O6S. The number of thiophene rings is 1. The fourth-order valence-electron chi connectivity index (χ4n) is 3.92. The number of rotatable bonds is 7. The molecule has 3 heterocycles. The second kappa shape index (κ2) is 11.7. The van der Waals surface area contributed by atoms with Crippen molar-refractivity contribution in [3.8, 4) is 0 Å². The number of morpholine rings is 1. The summed E-state index contributed by atoms with van der Waals surface area (Å²) in [6, 6.07) is 10.5. The van der Waals surface area contributed by atoms with Gasteiger partial charge in [-0.05, 0) is 49.4 Å². The molecule has 0 saturated carbocycles. The highest BCUT2D eigenvalue weighted by Crippen LogP contribution is 2.25. The van der Waals surface area contributed by atoms with E-state index in [9.17, 15) is 14.4 Å². The van der Waals surface area contributed by atoms with Gasteiger partial charge in [0.1, 0.15) is 6.61 Å². The molecule has 4 rings (SSSR count). The molecule has 186 valence electrons. The number of likely N-dealkylation sites (tertiary alicyclic amines) is 1. The molecule has 2 aliphatic rings. The van der Waals surface area contributed by atoms with Gasteiger partial charge in [-0.25, -0.2) is 4.79 Å². The van der Waals surface area contributed by atoms with E-state index < -0.39 is 12.3 Å². The first-order chi connectivity index (χ1) is 16.9. The summed E-state index contributed by atoms with van der Waals surface area (Å²) in [7, 11) is 0. The summed E-state index contributed by atoms with van der Waals surface area (Å²) in [4.78, 5) is 41.4. The van der Waals surface area contributed by atoms with Gasteiger partial charge in [0, 0.05) is 41.9 Å². The van der Waals surface area contributed by atoms with Gasteiger partial charge >= 0.3 is 6.09 Å². The van der Waals surface area contributed by atoms with E-state index in [0.717, 1.165) is 10.6 Å². The van der Waals surface area contributed by atoms with E-state index in [2.05, 4.69) is 5.32 Å². The minimum atomic E-state index is -0.763. The van der Waals surface area contributed by atoms with E-state index in [1.807, 2.05) is 13.0 Å². The number of hydrogen-bond acceptors (Lipinski definition) is 7. The van der Waals surface area contributed by atoms with Crippen LogP contribution in [0.3, 0.4) is 0 Å². The highest BCUT2D eigenvalue weighted by atomic mass is 35.5. The number of nitrogens with zero attached hydrogens (tertiary/aromatic N) is 2. The van der Waals surface area contributed by atoms with Gasteiger partial charge in [0.15, 0.2) is 6.23 Å². The van der Waals surface area contributed by atoms with Crippen molar-refractivity contribution >= 4 is 58.3 Å². The fraction of sp³-hybridized carbons (Fsp3) is 0.375. The topological polar surface area (TPSA) is 97.4 Å². The molecule has 0 radical (unpaired) electrons. The zero-order valence-corrected chi connectivity index (χ0v) is 20.7. The van der Waals surface area contributed by atoms with Crippen molar-refractivity contribution in [2.75, 3.05) is 43.1 Å². The Hall–Kier alpha value is -2.92. The van der Waals surface area contributed by atoms with Crippen LogP contribution in [-0.4, -0.2) is 68.0 Å². The van der Waals surface area contributed by atoms with E-state index in [4.69, 9.17) is 25.8 Å². The average molecular weight is 520 g/mol. The van der Waals surface area contributed by atoms with Gasteiger partial charge < -0.3 is 24.0 Å². The van der Waals surface area contributed by atoms with E-state index in [1.54, 1.807) is 41.3 Å². The standard InChI is InChI=1S/C24H26ClN3O6S/c1-2-33-18-13-23(28(14-18)21(29)10-8-19-7-9-20(25)35-19)34-24(31)26-16-3-5-17(6-4-16)27-11-12-32-15-22(27)30/h3-10,18,23H,2,11-15H2,1H3,(H,26,31)/b10-8+/t18-,23-/m1/s1. The summed E-state index contributed by atoms with van der Waals surface area (Å²) >= 11 is 7.31. The second-order valence-electron chi connectivity index (χ2n) is 7.91. The van der Waals surface area contributed by atoms with Crippen LogP contribution < -0.4 is 10.2 Å². The third kappa shape index (κ3) is 6.61. The SMILES string of the molecule is CCO[C@@H]1C[C@@H](OC(=O)Nc2ccc(N3CCOCC3=O)cc2)N(C(=O)/C=C/c2ccc(Cl)s2)C1. The van der Waals surface area contributed by atoms with Crippen LogP contribution >= 0.6 is 22.9 Å². The van der Waals surface area contributed by atoms with E-state index >= 15 is 0 Å². The predicted molar refractivity (Wildman–Crippen MR) is 134 cm³/mol. The molecule has 2 aliphatic heterocycles. The average Bonchev–Trinajstić information content (AvgIpc) is 3.44. The molecule has 9 nitrogen and oxygen atoms in total. The van der Waals surface area contributed by atoms with Gasteiger partial charge in [-0.3, -0.25) is 14.9 Å². The van der Waals surface area contributed by atoms with Crippen LogP contribution in [0.25, 0.3) is 6.08 Å². The Labute approximate surface area is 212 Å². The minimum Gasteiger partial charge on any atom is -0.425 e. The van der Waals surface area contributed by atoms with Gasteiger partial charge in [-0.15, -0.1) is 11.3 Å². The maximum atomic E-state index is 12.8. The van der Waals surface area contributed by atoms with Gasteiger partial charge in [0.25, 0.3) is 5.91 Å². The zero-order chi connectivity index (χ0) is 24.8. The first-order valence-electron chi connectivity index (χ1n) is 11.2. The molecule has 0 bridgehead atoms. The smallest absolute Gasteiger partial charge is 0.413 e. The lowest BCUT2D eigenvalue weighted by Crippen LogP contribution is -2.41. The quantitative estimate of drug-likeness (QED) is 0.555. The summed E-state index contributed by atoms with van der Waals surface area (Å²) in [5.41, 5.74) is 1.23. The lowest BCUT2D eigenvalue weighted by Gasteiger charge is -2.27. The maximum Gasteiger partial charge on any atom is 0.413 e. The van der Waals surface area contributed by atoms with Crippen LogP contribution in [0.2, 0.25) is 4.34 Å². The summed E-state index contributed by atoms with van der Waals surface area (Å²) in [6.45, 7) is 3.71. The lowest BCUT2D eigenvalue weighted by molar-refractivity contribution is -0.132. The molecular weight excluding hydrogens is 494 g/mol. The Kier molecular flexibility index (Phi) is 8.40. The highest BCUT2D eigenvalue weighted by molar-refractivity contribution is 7.17. The van der Waals surface area contributed by atoms with E-state index in [0.29, 0.717) is 42.7 Å². The summed E-state index contributed by atoms with van der Waals surface area (Å²) in [5, 5.41) is 2.68. The molecule has 2 fully saturated rings. The molecule has 0 aliphatic carbocycles. The van der Waals surface area contributed by atoms with Crippen molar-refractivity contribution in [2.45, 2.75) is 25.7 Å². The van der Waals surface area contributed by atoms with E-state index in [1.165, 1.54) is 22.3 Å². The minimum absolute atomic E-state index is 0.0575. The maximum absolute atomic E-state index is 12.8. The number of benzene rings is 1. The van der Waals surface area contributed by atoms with Crippen molar-refractivity contribution in [1.82, 2.24) is 4.90 Å². The Bertz CT molecular complexity index is 1090. The van der Waals surface area contributed by atoms with Crippen LogP contribution in [-0.2, 0) is 23.8 Å². The lowest BCUT2D eigenvalue weighted by atomic mass is 10.2. The molecule has 1 aromatic carbocycles. The number of carbonyl (C=O) groups excluding carboxylic acids is 3. The van der Waals surface area contributed by atoms with Gasteiger partial charge in [-0.1, -0.05) is 11.6 Å². The largest absolute Gasteiger partial charge is 0.425 e. The monoisotopic (exact) mass is 519 g/mol. The Morgan fingerprint density at radius 1 is 1.26 bits per heavy atom. The van der Waals surface area contributed by atoms with Crippen LogP contribution in [0.1, 0.15) is 18.2 Å². The van der Waals surface area contributed by atoms with E-state index in [-0.39, 0.29) is 24.5 Å². The number of halogens is 1. The van der Waals surface area contributed by atoms with Crippen LogP contribution in [0.4, 0.5) is 16.2 Å². The molecule has 35 heavy (non-hydrogen) atoms. The third-order valence-electron chi connectivity index (χ3n) is 5.54. The van der Waals surface area contributed by atoms with Crippen LogP contribution in [0.5, 0.6) is 0 Å². The molecule has 11 heteroatoms. The van der Waals surface area contributed by atoms with Gasteiger partial charge in [0.2, 0.25) is 5.91 Å². The fourth-order valence-corrected chi connectivity index (χ4v) is 4.88. The molecule has 2 saturated heterocycles. The van der Waals surface area contributed by atoms with Crippen LogP contribution in [0, 0.1) is 0 Å². The number of ether oxygens (including phenoxy) is 3. The van der Waals surface area contributed by atoms with Crippen molar-refractivity contribution in [2.24, 2.45) is 0 Å². The molecule has 0 spiro atoms. The zero-order valence-electron chi connectivity index (χ0n) is 19.1. The summed E-state index contributed by atoms with van der Waals surface area (Å²) < 4.78 is 17.0. The number of nitrogens with one attached hydrogen (secondary N) is 1. The summed E-state index contributed by atoms with van der Waals surface area (Å²) in [5.74, 6) is -0.392. The van der Waals surface area contributed by atoms with Crippen molar-refractivity contribution < 1.29 is 28.6 Å². The number of amides is 3.